The first-order valence-corrected chi connectivity index (χ1v) is 4.55. The highest BCUT2D eigenvalue weighted by atomic mass is 16.5. The number of ether oxygens (including phenoxy) is 1. The van der Waals surface area contributed by atoms with Crippen LogP contribution in [0.1, 0.15) is 10.4 Å². The Bertz CT molecular complexity index is 395. The molecule has 0 aliphatic rings. The molecule has 0 N–H and O–H groups in total. The van der Waals surface area contributed by atoms with Crippen molar-refractivity contribution in [3.05, 3.63) is 29.8 Å². The number of amides is 2. The molecule has 16 heavy (non-hydrogen) atoms. The fourth-order valence-electron chi connectivity index (χ4n) is 1.23. The number of methoxy groups -OCH3 is 1. The number of benzene rings is 1. The van der Waals surface area contributed by atoms with Gasteiger partial charge in [0.05, 0.1) is 19.2 Å². The minimum absolute atomic E-state index is 0.284. The van der Waals surface area contributed by atoms with Crippen LogP contribution in [0.3, 0.4) is 0 Å². The van der Waals surface area contributed by atoms with Gasteiger partial charge in [0.2, 0.25) is 12.8 Å². The maximum atomic E-state index is 11.7. The van der Waals surface area contributed by atoms with Gasteiger partial charge in [-0.1, -0.05) is 12.1 Å². The first kappa shape index (κ1) is 11.9. The molecule has 0 aliphatic carbocycles. The summed E-state index contributed by atoms with van der Waals surface area (Å²) in [5.74, 6) is 0.0703. The molecule has 0 spiro atoms. The Morgan fingerprint density at radius 3 is 2.50 bits per heavy atom. The lowest BCUT2D eigenvalue weighted by Crippen LogP contribution is -2.27. The fraction of sp³-hybridized carbons (Fsp3) is 0.182. The van der Waals surface area contributed by atoms with Crippen LogP contribution in [0.5, 0.6) is 5.75 Å². The Labute approximate surface area is 92.6 Å². The van der Waals surface area contributed by atoms with Crippen molar-refractivity contribution in [3.63, 3.8) is 0 Å². The minimum atomic E-state index is -0.350. The summed E-state index contributed by atoms with van der Waals surface area (Å²) >= 11 is 0. The summed E-state index contributed by atoms with van der Waals surface area (Å²) in [7, 11) is 1.45. The number of carbonyl (C=O) groups is 3. The number of hydrogen-bond acceptors (Lipinski definition) is 4. The van der Waals surface area contributed by atoms with E-state index in [0.29, 0.717) is 24.1 Å². The molecule has 0 heterocycles. The van der Waals surface area contributed by atoms with E-state index in [1.807, 2.05) is 0 Å². The molecule has 0 saturated carbocycles. The van der Waals surface area contributed by atoms with Crippen molar-refractivity contribution in [2.75, 3.05) is 13.7 Å². The number of para-hydroxylation sites is 1. The summed E-state index contributed by atoms with van der Waals surface area (Å²) < 4.78 is 5.00. The van der Waals surface area contributed by atoms with Gasteiger partial charge in [0, 0.05) is 0 Å². The lowest BCUT2D eigenvalue weighted by molar-refractivity contribution is -0.128. The molecule has 0 saturated heterocycles. The molecular formula is C11H11NO4. The van der Waals surface area contributed by atoms with Crippen LogP contribution < -0.4 is 4.74 Å². The number of rotatable bonds is 6. The van der Waals surface area contributed by atoms with Gasteiger partial charge in [-0.3, -0.25) is 19.3 Å². The second-order valence-electron chi connectivity index (χ2n) is 3.01. The van der Waals surface area contributed by atoms with Gasteiger partial charge in [-0.25, -0.2) is 0 Å². The number of nitrogens with zero attached hydrogens (tertiary/aromatic N) is 1. The summed E-state index contributed by atoms with van der Waals surface area (Å²) in [4.78, 5) is 33.2. The largest absolute Gasteiger partial charge is 0.496 e. The third-order valence-corrected chi connectivity index (χ3v) is 2.00. The van der Waals surface area contributed by atoms with Gasteiger partial charge < -0.3 is 4.74 Å². The van der Waals surface area contributed by atoms with Gasteiger partial charge in [0.1, 0.15) is 5.75 Å². The van der Waals surface area contributed by atoms with Crippen LogP contribution in [-0.4, -0.2) is 37.2 Å². The van der Waals surface area contributed by atoms with Gasteiger partial charge in [-0.15, -0.1) is 0 Å². The molecule has 0 radical (unpaired) electrons. The van der Waals surface area contributed by atoms with Crippen LogP contribution in [0.2, 0.25) is 0 Å². The average molecular weight is 221 g/mol. The topological polar surface area (TPSA) is 63.7 Å². The highest BCUT2D eigenvalue weighted by Crippen LogP contribution is 2.17. The van der Waals surface area contributed by atoms with Crippen molar-refractivity contribution in [2.24, 2.45) is 0 Å². The molecule has 5 heteroatoms. The molecule has 0 aromatic heterocycles. The van der Waals surface area contributed by atoms with Crippen LogP contribution in [0.15, 0.2) is 24.3 Å². The molecule has 1 aromatic carbocycles. The maximum Gasteiger partial charge on any atom is 0.216 e. The SMILES string of the molecule is COc1ccccc1C(=O)CN(C=O)C=O. The third kappa shape index (κ3) is 2.66. The third-order valence-electron chi connectivity index (χ3n) is 2.00. The van der Waals surface area contributed by atoms with Crippen LogP contribution >= 0.6 is 0 Å². The standard InChI is InChI=1S/C11H11NO4/c1-16-11-5-3-2-4-9(11)10(15)6-12(7-13)8-14/h2-5,7-8H,6H2,1H3. The van der Waals surface area contributed by atoms with Crippen molar-refractivity contribution < 1.29 is 19.1 Å². The molecule has 84 valence electrons. The van der Waals surface area contributed by atoms with Crippen molar-refractivity contribution in [1.29, 1.82) is 0 Å². The Kier molecular flexibility index (Phi) is 4.20. The molecule has 0 aliphatic heterocycles. The van der Waals surface area contributed by atoms with E-state index in [9.17, 15) is 14.4 Å². The minimum Gasteiger partial charge on any atom is -0.496 e. The molecular weight excluding hydrogens is 210 g/mol. The monoisotopic (exact) mass is 221 g/mol. The zero-order chi connectivity index (χ0) is 12.0. The lowest BCUT2D eigenvalue weighted by Gasteiger charge is -2.10. The maximum absolute atomic E-state index is 11.7. The predicted octanol–water partition coefficient (Wildman–Crippen LogP) is 0.493. The molecule has 2 amide bonds. The van der Waals surface area contributed by atoms with E-state index in [1.54, 1.807) is 24.3 Å². The van der Waals surface area contributed by atoms with E-state index in [2.05, 4.69) is 0 Å². The second kappa shape index (κ2) is 5.65. The Morgan fingerprint density at radius 2 is 1.94 bits per heavy atom. The van der Waals surface area contributed by atoms with Crippen LogP contribution in [0, 0.1) is 0 Å². The summed E-state index contributed by atoms with van der Waals surface area (Å²) in [6, 6.07) is 6.63. The summed E-state index contributed by atoms with van der Waals surface area (Å²) in [6.45, 7) is -0.284. The highest BCUT2D eigenvalue weighted by molar-refractivity contribution is 6.01. The zero-order valence-corrected chi connectivity index (χ0v) is 8.75. The zero-order valence-electron chi connectivity index (χ0n) is 8.75. The van der Waals surface area contributed by atoms with E-state index in [-0.39, 0.29) is 12.3 Å². The van der Waals surface area contributed by atoms with E-state index >= 15 is 0 Å². The highest BCUT2D eigenvalue weighted by Gasteiger charge is 2.14. The average Bonchev–Trinajstić information content (AvgIpc) is 2.35. The van der Waals surface area contributed by atoms with Crippen molar-refractivity contribution >= 4 is 18.6 Å². The number of carbonyl (C=O) groups excluding carboxylic acids is 3. The molecule has 5 nitrogen and oxygen atoms in total. The van der Waals surface area contributed by atoms with E-state index in [4.69, 9.17) is 4.74 Å². The van der Waals surface area contributed by atoms with Gasteiger partial charge in [-0.2, -0.15) is 0 Å². The van der Waals surface area contributed by atoms with Crippen LogP contribution in [-0.2, 0) is 9.59 Å². The summed E-state index contributed by atoms with van der Waals surface area (Å²) in [6.07, 6.45) is 0.612. The smallest absolute Gasteiger partial charge is 0.216 e. The van der Waals surface area contributed by atoms with E-state index < -0.39 is 0 Å². The van der Waals surface area contributed by atoms with Crippen LogP contribution in [0.25, 0.3) is 0 Å². The molecule has 0 unspecified atom stereocenters. The molecule has 1 aromatic rings. The number of ketones is 1. The van der Waals surface area contributed by atoms with Crippen molar-refractivity contribution in [1.82, 2.24) is 4.90 Å². The Hall–Kier alpha value is -2.17. The quantitative estimate of drug-likeness (QED) is 0.518. The number of Topliss-reactive ketones (excluding diaryl/α,β-unsaturated/α-hetero) is 1. The van der Waals surface area contributed by atoms with Crippen LogP contribution in [0.4, 0.5) is 0 Å². The predicted molar refractivity (Wildman–Crippen MR) is 56.2 cm³/mol. The van der Waals surface area contributed by atoms with Gasteiger partial charge >= 0.3 is 0 Å². The van der Waals surface area contributed by atoms with Gasteiger partial charge in [-0.05, 0) is 12.1 Å². The number of imide groups is 1. The van der Waals surface area contributed by atoms with Crippen molar-refractivity contribution in [3.8, 4) is 5.75 Å². The molecule has 1 rings (SSSR count). The lowest BCUT2D eigenvalue weighted by atomic mass is 10.1. The Balaban J connectivity index is 2.87. The van der Waals surface area contributed by atoms with Crippen molar-refractivity contribution in [2.45, 2.75) is 0 Å². The van der Waals surface area contributed by atoms with Gasteiger partial charge in [0.25, 0.3) is 0 Å². The molecule has 0 bridgehead atoms. The molecule has 0 fully saturated rings. The summed E-state index contributed by atoms with van der Waals surface area (Å²) in [5.41, 5.74) is 0.346. The van der Waals surface area contributed by atoms with Gasteiger partial charge in [0.15, 0.2) is 5.78 Å². The normalized spacial score (nSPS) is 9.31. The van der Waals surface area contributed by atoms with E-state index in [0.717, 1.165) is 4.90 Å². The van der Waals surface area contributed by atoms with E-state index in [1.165, 1.54) is 7.11 Å². The molecule has 0 atom stereocenters. The number of hydrogen-bond donors (Lipinski definition) is 0. The first-order chi connectivity index (χ1) is 7.72. The summed E-state index contributed by atoms with van der Waals surface area (Å²) in [5, 5.41) is 0. The first-order valence-electron chi connectivity index (χ1n) is 4.55. The second-order valence-corrected chi connectivity index (χ2v) is 3.01. The Morgan fingerprint density at radius 1 is 1.31 bits per heavy atom. The fourth-order valence-corrected chi connectivity index (χ4v) is 1.23.